The molecule has 1 aliphatic carbocycles. The maximum absolute atomic E-state index is 5.98. The van der Waals surface area contributed by atoms with Crippen molar-refractivity contribution in [3.05, 3.63) is 27.7 Å². The zero-order valence-electron chi connectivity index (χ0n) is 7.92. The van der Waals surface area contributed by atoms with Crippen LogP contribution in [-0.2, 0) is 6.42 Å². The zero-order chi connectivity index (χ0) is 9.42. The summed E-state index contributed by atoms with van der Waals surface area (Å²) in [6.45, 7) is 0. The second kappa shape index (κ2) is 4.51. The molecule has 1 unspecified atom stereocenters. The van der Waals surface area contributed by atoms with E-state index in [9.17, 15) is 0 Å². The SMILES string of the molecule is COc1cc(Br)cc2c1C(N)CC2.Cl. The summed E-state index contributed by atoms with van der Waals surface area (Å²) in [7, 11) is 1.69. The topological polar surface area (TPSA) is 35.2 Å². The van der Waals surface area contributed by atoms with Crippen LogP contribution in [-0.4, -0.2) is 7.11 Å². The molecule has 2 N–H and O–H groups in total. The minimum Gasteiger partial charge on any atom is -0.496 e. The summed E-state index contributed by atoms with van der Waals surface area (Å²) in [5.41, 5.74) is 8.48. The maximum Gasteiger partial charge on any atom is 0.125 e. The highest BCUT2D eigenvalue weighted by Gasteiger charge is 2.23. The average molecular weight is 279 g/mol. The zero-order valence-corrected chi connectivity index (χ0v) is 10.3. The van der Waals surface area contributed by atoms with Crippen molar-refractivity contribution in [2.75, 3.05) is 7.11 Å². The van der Waals surface area contributed by atoms with Crippen LogP contribution in [0.5, 0.6) is 5.75 Å². The number of rotatable bonds is 1. The Balaban J connectivity index is 0.000000980. The van der Waals surface area contributed by atoms with Crippen LogP contribution in [0.1, 0.15) is 23.6 Å². The van der Waals surface area contributed by atoms with Gasteiger partial charge in [0.25, 0.3) is 0 Å². The Morgan fingerprint density at radius 3 is 2.86 bits per heavy atom. The van der Waals surface area contributed by atoms with E-state index in [1.165, 1.54) is 11.1 Å². The first kappa shape index (κ1) is 11.8. The van der Waals surface area contributed by atoms with Gasteiger partial charge < -0.3 is 10.5 Å². The summed E-state index contributed by atoms with van der Waals surface area (Å²) < 4.78 is 6.37. The highest BCUT2D eigenvalue weighted by Crippen LogP contribution is 2.38. The molecule has 4 heteroatoms. The number of methoxy groups -OCH3 is 1. The Hall–Kier alpha value is -0.250. The van der Waals surface area contributed by atoms with E-state index in [4.69, 9.17) is 10.5 Å². The smallest absolute Gasteiger partial charge is 0.125 e. The molecule has 0 amide bonds. The van der Waals surface area contributed by atoms with E-state index in [1.54, 1.807) is 7.11 Å². The number of benzene rings is 1. The van der Waals surface area contributed by atoms with Crippen molar-refractivity contribution >= 4 is 28.3 Å². The van der Waals surface area contributed by atoms with Gasteiger partial charge in [-0.25, -0.2) is 0 Å². The predicted molar refractivity (Wildman–Crippen MR) is 63.2 cm³/mol. The molecular weight excluding hydrogens is 265 g/mol. The summed E-state index contributed by atoms with van der Waals surface area (Å²) in [4.78, 5) is 0. The van der Waals surface area contributed by atoms with Crippen molar-refractivity contribution in [3.63, 3.8) is 0 Å². The summed E-state index contributed by atoms with van der Waals surface area (Å²) in [5, 5.41) is 0. The number of fused-ring (bicyclic) bond motifs is 1. The minimum atomic E-state index is 0. The van der Waals surface area contributed by atoms with Crippen molar-refractivity contribution in [2.45, 2.75) is 18.9 Å². The second-order valence-electron chi connectivity index (χ2n) is 3.33. The predicted octanol–water partition coefficient (Wildman–Crippen LogP) is 2.83. The molecule has 0 bridgehead atoms. The molecule has 0 spiro atoms. The van der Waals surface area contributed by atoms with Crippen molar-refractivity contribution in [1.82, 2.24) is 0 Å². The van der Waals surface area contributed by atoms with Crippen LogP contribution in [0.2, 0.25) is 0 Å². The van der Waals surface area contributed by atoms with E-state index in [1.807, 2.05) is 6.07 Å². The number of ether oxygens (including phenoxy) is 1. The van der Waals surface area contributed by atoms with Gasteiger partial charge in [0, 0.05) is 16.1 Å². The van der Waals surface area contributed by atoms with Crippen LogP contribution >= 0.6 is 28.3 Å². The molecule has 14 heavy (non-hydrogen) atoms. The van der Waals surface area contributed by atoms with Gasteiger partial charge in [-0.15, -0.1) is 12.4 Å². The monoisotopic (exact) mass is 277 g/mol. The molecule has 1 aromatic carbocycles. The molecule has 1 aromatic rings. The van der Waals surface area contributed by atoms with Crippen LogP contribution in [0.25, 0.3) is 0 Å². The van der Waals surface area contributed by atoms with Gasteiger partial charge in [-0.2, -0.15) is 0 Å². The molecule has 1 atom stereocenters. The molecule has 2 rings (SSSR count). The molecule has 0 radical (unpaired) electrons. The van der Waals surface area contributed by atoms with Gasteiger partial charge in [-0.3, -0.25) is 0 Å². The van der Waals surface area contributed by atoms with Gasteiger partial charge in [0.2, 0.25) is 0 Å². The van der Waals surface area contributed by atoms with Gasteiger partial charge in [-0.05, 0) is 30.5 Å². The molecular formula is C10H13BrClNO. The fraction of sp³-hybridized carbons (Fsp3) is 0.400. The number of hydrogen-bond acceptors (Lipinski definition) is 2. The van der Waals surface area contributed by atoms with Crippen LogP contribution < -0.4 is 10.5 Å². The second-order valence-corrected chi connectivity index (χ2v) is 4.24. The molecule has 0 saturated carbocycles. The van der Waals surface area contributed by atoms with Crippen LogP contribution in [0.3, 0.4) is 0 Å². The Bertz CT molecular complexity index is 343. The van der Waals surface area contributed by atoms with E-state index in [2.05, 4.69) is 22.0 Å². The van der Waals surface area contributed by atoms with E-state index in [0.717, 1.165) is 23.1 Å². The first-order valence-corrected chi connectivity index (χ1v) is 5.13. The molecule has 0 aromatic heterocycles. The molecule has 0 aliphatic heterocycles. The molecule has 78 valence electrons. The average Bonchev–Trinajstić information content (AvgIpc) is 2.46. The summed E-state index contributed by atoms with van der Waals surface area (Å²) >= 11 is 3.46. The van der Waals surface area contributed by atoms with Gasteiger partial charge in [0.05, 0.1) is 7.11 Å². The number of nitrogens with two attached hydrogens (primary N) is 1. The standard InChI is InChI=1S/C10H12BrNO.ClH/c1-13-9-5-7(11)4-6-2-3-8(12)10(6)9;/h4-5,8H,2-3,12H2,1H3;1H. The summed E-state index contributed by atoms with van der Waals surface area (Å²) in [5.74, 6) is 0.911. The van der Waals surface area contributed by atoms with Gasteiger partial charge in [0.1, 0.15) is 5.75 Å². The van der Waals surface area contributed by atoms with E-state index in [0.29, 0.717) is 0 Å². The molecule has 2 nitrogen and oxygen atoms in total. The lowest BCUT2D eigenvalue weighted by Crippen LogP contribution is -2.06. The summed E-state index contributed by atoms with van der Waals surface area (Å²) in [6, 6.07) is 4.26. The Labute approximate surface area is 98.4 Å². The maximum atomic E-state index is 5.98. The third-order valence-corrected chi connectivity index (χ3v) is 2.97. The molecule has 1 aliphatic rings. The van der Waals surface area contributed by atoms with E-state index >= 15 is 0 Å². The van der Waals surface area contributed by atoms with Crippen molar-refractivity contribution in [1.29, 1.82) is 0 Å². The van der Waals surface area contributed by atoms with Crippen molar-refractivity contribution < 1.29 is 4.74 Å². The fourth-order valence-electron chi connectivity index (χ4n) is 1.90. The first-order valence-electron chi connectivity index (χ1n) is 4.34. The molecule has 0 fully saturated rings. The molecule has 0 heterocycles. The summed E-state index contributed by atoms with van der Waals surface area (Å²) in [6.07, 6.45) is 2.09. The Morgan fingerprint density at radius 2 is 2.21 bits per heavy atom. The lowest BCUT2D eigenvalue weighted by atomic mass is 10.1. The Morgan fingerprint density at radius 1 is 1.50 bits per heavy atom. The van der Waals surface area contributed by atoms with Crippen molar-refractivity contribution in [3.8, 4) is 5.75 Å². The third kappa shape index (κ3) is 1.90. The lowest BCUT2D eigenvalue weighted by molar-refractivity contribution is 0.406. The third-order valence-electron chi connectivity index (χ3n) is 2.51. The van der Waals surface area contributed by atoms with Crippen LogP contribution in [0.15, 0.2) is 16.6 Å². The van der Waals surface area contributed by atoms with E-state index < -0.39 is 0 Å². The number of hydrogen-bond donors (Lipinski definition) is 1. The van der Waals surface area contributed by atoms with Gasteiger partial charge in [-0.1, -0.05) is 15.9 Å². The highest BCUT2D eigenvalue weighted by molar-refractivity contribution is 9.10. The quantitative estimate of drug-likeness (QED) is 0.857. The normalized spacial score (nSPS) is 18.6. The lowest BCUT2D eigenvalue weighted by Gasteiger charge is -2.11. The van der Waals surface area contributed by atoms with Crippen LogP contribution in [0, 0.1) is 0 Å². The fourth-order valence-corrected chi connectivity index (χ4v) is 2.38. The van der Waals surface area contributed by atoms with E-state index in [-0.39, 0.29) is 18.4 Å². The largest absolute Gasteiger partial charge is 0.496 e. The van der Waals surface area contributed by atoms with Gasteiger partial charge >= 0.3 is 0 Å². The number of halogens is 2. The minimum absolute atomic E-state index is 0. The highest BCUT2D eigenvalue weighted by atomic mass is 79.9. The van der Waals surface area contributed by atoms with Gasteiger partial charge in [0.15, 0.2) is 0 Å². The molecule has 0 saturated heterocycles. The van der Waals surface area contributed by atoms with Crippen LogP contribution in [0.4, 0.5) is 0 Å². The number of aryl methyl sites for hydroxylation is 1. The Kier molecular flexibility index (Phi) is 3.81. The first-order chi connectivity index (χ1) is 6.22. The van der Waals surface area contributed by atoms with Crippen molar-refractivity contribution in [2.24, 2.45) is 5.73 Å².